The second kappa shape index (κ2) is 5.51. The van der Waals surface area contributed by atoms with Crippen molar-refractivity contribution in [3.05, 3.63) is 24.3 Å². The Morgan fingerprint density at radius 2 is 2.00 bits per heavy atom. The van der Waals surface area contributed by atoms with Crippen LogP contribution in [0.25, 0.3) is 0 Å². The van der Waals surface area contributed by atoms with Crippen LogP contribution in [0, 0.1) is 0 Å². The highest BCUT2D eigenvalue weighted by molar-refractivity contribution is 7.91. The minimum absolute atomic E-state index is 0.165. The van der Waals surface area contributed by atoms with Crippen LogP contribution in [0.1, 0.15) is 32.6 Å². The van der Waals surface area contributed by atoms with Crippen LogP contribution < -0.4 is 11.1 Å². The molecule has 0 aliphatic heterocycles. The van der Waals surface area contributed by atoms with Crippen molar-refractivity contribution in [1.82, 2.24) is 0 Å². The van der Waals surface area contributed by atoms with Gasteiger partial charge in [-0.2, -0.15) is 0 Å². The van der Waals surface area contributed by atoms with E-state index in [1.54, 1.807) is 12.1 Å². The molecule has 1 aliphatic carbocycles. The van der Waals surface area contributed by atoms with Gasteiger partial charge in [-0.1, -0.05) is 19.1 Å². The molecule has 3 N–H and O–H groups in total. The second-order valence-electron chi connectivity index (χ2n) is 5.38. The van der Waals surface area contributed by atoms with Crippen LogP contribution >= 0.6 is 0 Å². The Morgan fingerprint density at radius 1 is 1.32 bits per heavy atom. The molecule has 1 aliphatic rings. The van der Waals surface area contributed by atoms with Crippen molar-refractivity contribution in [3.63, 3.8) is 0 Å². The van der Waals surface area contributed by atoms with Gasteiger partial charge in [0.05, 0.1) is 16.3 Å². The van der Waals surface area contributed by atoms with E-state index in [-0.39, 0.29) is 11.3 Å². The van der Waals surface area contributed by atoms with Crippen molar-refractivity contribution in [1.29, 1.82) is 0 Å². The molecule has 1 saturated carbocycles. The van der Waals surface area contributed by atoms with E-state index in [4.69, 9.17) is 5.73 Å². The summed E-state index contributed by atoms with van der Waals surface area (Å²) in [4.78, 5) is 0.389. The lowest BCUT2D eigenvalue weighted by Crippen LogP contribution is -2.52. The third-order valence-corrected chi connectivity index (χ3v) is 5.65. The molecule has 106 valence electrons. The first-order valence-corrected chi connectivity index (χ1v) is 8.47. The Balaban J connectivity index is 2.16. The first-order chi connectivity index (χ1) is 8.97. The van der Waals surface area contributed by atoms with E-state index in [1.165, 1.54) is 0 Å². The highest BCUT2D eigenvalue weighted by atomic mass is 32.2. The first-order valence-electron chi connectivity index (χ1n) is 6.81. The zero-order valence-corrected chi connectivity index (χ0v) is 12.2. The zero-order valence-electron chi connectivity index (χ0n) is 11.4. The third-order valence-electron chi connectivity index (χ3n) is 3.68. The molecular weight excluding hydrogens is 260 g/mol. The minimum atomic E-state index is -3.20. The monoisotopic (exact) mass is 282 g/mol. The van der Waals surface area contributed by atoms with E-state index in [1.807, 2.05) is 19.1 Å². The molecule has 2 rings (SSSR count). The molecule has 1 fully saturated rings. The number of hydrogen-bond donors (Lipinski definition) is 2. The summed E-state index contributed by atoms with van der Waals surface area (Å²) >= 11 is 0. The van der Waals surface area contributed by atoms with Crippen LogP contribution in [0.3, 0.4) is 0 Å². The van der Waals surface area contributed by atoms with Crippen molar-refractivity contribution in [2.24, 2.45) is 5.73 Å². The average Bonchev–Trinajstić information content (AvgIpc) is 2.34. The number of nitrogens with one attached hydrogen (secondary N) is 1. The Hall–Kier alpha value is -1.07. The summed E-state index contributed by atoms with van der Waals surface area (Å²) in [5.74, 6) is 0.180. The molecule has 19 heavy (non-hydrogen) atoms. The van der Waals surface area contributed by atoms with Crippen molar-refractivity contribution in [2.75, 3.05) is 17.6 Å². The smallest absolute Gasteiger partial charge is 0.180 e. The van der Waals surface area contributed by atoms with Crippen molar-refractivity contribution < 1.29 is 8.42 Å². The van der Waals surface area contributed by atoms with Crippen molar-refractivity contribution >= 4 is 15.5 Å². The van der Waals surface area contributed by atoms with Crippen LogP contribution in [-0.4, -0.2) is 26.3 Å². The van der Waals surface area contributed by atoms with Crippen LogP contribution in [0.2, 0.25) is 0 Å². The first kappa shape index (κ1) is 14.3. The van der Waals surface area contributed by atoms with Gasteiger partial charge in [-0.05, 0) is 37.8 Å². The molecule has 5 heteroatoms. The van der Waals surface area contributed by atoms with Crippen LogP contribution in [0.15, 0.2) is 29.2 Å². The number of anilines is 1. The lowest BCUT2D eigenvalue weighted by molar-refractivity contribution is 0.265. The largest absolute Gasteiger partial charge is 0.382 e. The summed E-state index contributed by atoms with van der Waals surface area (Å²) < 4.78 is 24.4. The van der Waals surface area contributed by atoms with Gasteiger partial charge in [0.2, 0.25) is 0 Å². The molecule has 0 aromatic heterocycles. The highest BCUT2D eigenvalue weighted by Crippen LogP contribution is 2.30. The fourth-order valence-corrected chi connectivity index (χ4v) is 3.86. The highest BCUT2D eigenvalue weighted by Gasteiger charge is 2.32. The van der Waals surface area contributed by atoms with Gasteiger partial charge in [0, 0.05) is 12.1 Å². The quantitative estimate of drug-likeness (QED) is 0.838. The number of hydrogen-bond acceptors (Lipinski definition) is 4. The third kappa shape index (κ3) is 3.28. The molecule has 0 radical (unpaired) electrons. The summed E-state index contributed by atoms with van der Waals surface area (Å²) in [5, 5.41) is 3.22. The number of nitrogens with two attached hydrogens (primary N) is 1. The number of sulfone groups is 1. The summed E-state index contributed by atoms with van der Waals surface area (Å²) in [6, 6.07) is 7.08. The standard InChI is InChI=1S/C14H22N2O2S/c1-2-10-19(17,18)13-7-4-3-6-12(13)16-11-14(15)8-5-9-14/h3-4,6-7,16H,2,5,8-11,15H2,1H3. The zero-order chi connectivity index (χ0) is 13.9. The molecule has 1 aromatic rings. The van der Waals surface area contributed by atoms with E-state index in [2.05, 4.69) is 5.32 Å². The molecule has 0 heterocycles. The topological polar surface area (TPSA) is 72.2 Å². The van der Waals surface area contributed by atoms with Crippen LogP contribution in [-0.2, 0) is 9.84 Å². The maximum absolute atomic E-state index is 12.2. The molecule has 0 unspecified atom stereocenters. The van der Waals surface area contributed by atoms with Crippen LogP contribution in [0.5, 0.6) is 0 Å². The minimum Gasteiger partial charge on any atom is -0.382 e. The number of para-hydroxylation sites is 1. The Morgan fingerprint density at radius 3 is 2.58 bits per heavy atom. The SMILES string of the molecule is CCCS(=O)(=O)c1ccccc1NCC1(N)CCC1. The maximum Gasteiger partial charge on any atom is 0.180 e. The van der Waals surface area contributed by atoms with Gasteiger partial charge >= 0.3 is 0 Å². The average molecular weight is 282 g/mol. The fourth-order valence-electron chi connectivity index (χ4n) is 2.34. The van der Waals surface area contributed by atoms with E-state index in [0.29, 0.717) is 23.5 Å². The fraction of sp³-hybridized carbons (Fsp3) is 0.571. The Bertz CT molecular complexity index is 536. The normalized spacial score (nSPS) is 17.8. The van der Waals surface area contributed by atoms with Gasteiger partial charge < -0.3 is 11.1 Å². The van der Waals surface area contributed by atoms with Crippen molar-refractivity contribution in [3.8, 4) is 0 Å². The van der Waals surface area contributed by atoms with E-state index >= 15 is 0 Å². The Kier molecular flexibility index (Phi) is 4.16. The predicted molar refractivity (Wildman–Crippen MR) is 78.0 cm³/mol. The molecule has 0 bridgehead atoms. The summed E-state index contributed by atoms with van der Waals surface area (Å²) in [7, 11) is -3.20. The van der Waals surface area contributed by atoms with Crippen LogP contribution in [0.4, 0.5) is 5.69 Å². The molecule has 1 aromatic carbocycles. The summed E-state index contributed by atoms with van der Waals surface area (Å²) in [6.07, 6.45) is 3.79. The van der Waals surface area contributed by atoms with Gasteiger partial charge in [-0.15, -0.1) is 0 Å². The molecular formula is C14H22N2O2S. The van der Waals surface area contributed by atoms with Gasteiger partial charge in [-0.25, -0.2) is 8.42 Å². The van der Waals surface area contributed by atoms with Gasteiger partial charge in [0.15, 0.2) is 9.84 Å². The van der Waals surface area contributed by atoms with Crippen molar-refractivity contribution in [2.45, 2.75) is 43.0 Å². The number of rotatable bonds is 6. The van der Waals surface area contributed by atoms with E-state index < -0.39 is 9.84 Å². The molecule has 0 atom stereocenters. The predicted octanol–water partition coefficient (Wildman–Crippen LogP) is 2.16. The summed E-state index contributed by atoms with van der Waals surface area (Å²) in [5.41, 5.74) is 6.67. The Labute approximate surface area is 115 Å². The van der Waals surface area contributed by atoms with Gasteiger partial charge in [0.1, 0.15) is 0 Å². The maximum atomic E-state index is 12.2. The molecule has 0 saturated heterocycles. The lowest BCUT2D eigenvalue weighted by atomic mass is 9.78. The lowest BCUT2D eigenvalue weighted by Gasteiger charge is -2.38. The molecule has 0 amide bonds. The van der Waals surface area contributed by atoms with Gasteiger partial charge in [0.25, 0.3) is 0 Å². The molecule has 4 nitrogen and oxygen atoms in total. The van der Waals surface area contributed by atoms with Gasteiger partial charge in [-0.3, -0.25) is 0 Å². The molecule has 0 spiro atoms. The summed E-state index contributed by atoms with van der Waals surface area (Å²) in [6.45, 7) is 2.50. The van der Waals surface area contributed by atoms with E-state index in [0.717, 1.165) is 19.3 Å². The number of benzene rings is 1. The second-order valence-corrected chi connectivity index (χ2v) is 7.46. The van der Waals surface area contributed by atoms with E-state index in [9.17, 15) is 8.42 Å².